The third-order valence-electron chi connectivity index (χ3n) is 6.09. The van der Waals surface area contributed by atoms with Gasteiger partial charge < -0.3 is 9.88 Å². The monoisotopic (exact) mass is 459 g/mol. The van der Waals surface area contributed by atoms with Crippen molar-refractivity contribution in [3.8, 4) is 0 Å². The predicted molar refractivity (Wildman–Crippen MR) is 125 cm³/mol. The van der Waals surface area contributed by atoms with Gasteiger partial charge in [0.15, 0.2) is 5.78 Å². The summed E-state index contributed by atoms with van der Waals surface area (Å²) in [6.07, 6.45) is 0.569. The van der Waals surface area contributed by atoms with Crippen LogP contribution in [0.4, 0.5) is 0 Å². The topological polar surface area (TPSA) is 90.6 Å². The average molecular weight is 460 g/mol. The Bertz CT molecular complexity index is 1120. The van der Waals surface area contributed by atoms with Crippen molar-refractivity contribution in [1.29, 1.82) is 0 Å². The molecule has 0 saturated carbocycles. The zero-order chi connectivity index (χ0) is 23.8. The molecule has 1 aromatic carbocycles. The molecule has 0 radical (unpaired) electrons. The average Bonchev–Trinajstić information content (AvgIpc) is 3.09. The number of benzene rings is 1. The number of nitrogens with one attached hydrogen (secondary N) is 1. The molecule has 1 fully saturated rings. The number of carbonyl (C=O) groups is 2. The third-order valence-corrected chi connectivity index (χ3v) is 8.01. The number of aryl methyl sites for hydroxylation is 1. The van der Waals surface area contributed by atoms with Crippen molar-refractivity contribution in [3.05, 3.63) is 52.3 Å². The van der Waals surface area contributed by atoms with Gasteiger partial charge in [0, 0.05) is 37.4 Å². The Kier molecular flexibility index (Phi) is 6.67. The fraction of sp³-hybridized carbons (Fsp3) is 0.500. The number of carbonyl (C=O) groups excluding carboxylic acids is 2. The normalized spacial score (nSPS) is 15.8. The Hall–Kier alpha value is -2.45. The fourth-order valence-corrected chi connectivity index (χ4v) is 5.68. The van der Waals surface area contributed by atoms with Crippen LogP contribution in [0.1, 0.15) is 72.3 Å². The molecule has 3 rings (SSSR count). The van der Waals surface area contributed by atoms with E-state index >= 15 is 0 Å². The van der Waals surface area contributed by atoms with Crippen LogP contribution in [0, 0.1) is 6.92 Å². The number of hydrogen-bond acceptors (Lipinski definition) is 4. The Morgan fingerprint density at radius 2 is 1.59 bits per heavy atom. The van der Waals surface area contributed by atoms with Crippen LogP contribution in [0.5, 0.6) is 0 Å². The van der Waals surface area contributed by atoms with Crippen LogP contribution in [0.15, 0.2) is 29.2 Å². The van der Waals surface area contributed by atoms with E-state index in [0.29, 0.717) is 36.5 Å². The van der Waals surface area contributed by atoms with Crippen LogP contribution in [-0.4, -0.2) is 60.5 Å². The Morgan fingerprint density at radius 3 is 2.06 bits per heavy atom. The van der Waals surface area contributed by atoms with Crippen molar-refractivity contribution in [2.75, 3.05) is 26.2 Å². The molecule has 0 unspecified atom stereocenters. The number of ketones is 1. The van der Waals surface area contributed by atoms with E-state index in [4.69, 9.17) is 0 Å². The maximum atomic E-state index is 13.1. The first-order valence-corrected chi connectivity index (χ1v) is 12.4. The van der Waals surface area contributed by atoms with Crippen molar-refractivity contribution in [3.63, 3.8) is 0 Å². The number of aromatic nitrogens is 1. The van der Waals surface area contributed by atoms with E-state index in [-0.39, 0.29) is 35.1 Å². The first-order valence-electron chi connectivity index (χ1n) is 11.0. The molecule has 1 amide bonds. The summed E-state index contributed by atoms with van der Waals surface area (Å²) in [7, 11) is -3.62. The zero-order valence-electron chi connectivity index (χ0n) is 19.8. The van der Waals surface area contributed by atoms with Crippen molar-refractivity contribution in [1.82, 2.24) is 14.2 Å². The van der Waals surface area contributed by atoms with Gasteiger partial charge in [-0.25, -0.2) is 8.42 Å². The minimum atomic E-state index is -3.62. The molecule has 2 heterocycles. The van der Waals surface area contributed by atoms with Gasteiger partial charge in [0.1, 0.15) is 5.69 Å². The summed E-state index contributed by atoms with van der Waals surface area (Å²) in [5, 5.41) is 0. The van der Waals surface area contributed by atoms with Crippen LogP contribution in [-0.2, 0) is 21.9 Å². The number of piperazine rings is 1. The van der Waals surface area contributed by atoms with E-state index in [2.05, 4.69) is 25.8 Å². The summed E-state index contributed by atoms with van der Waals surface area (Å²) in [6.45, 7) is 12.5. The molecule has 0 bridgehead atoms. The molecule has 0 spiro atoms. The number of sulfonamides is 1. The lowest BCUT2D eigenvalue weighted by Gasteiger charge is -2.34. The molecule has 0 atom stereocenters. The lowest BCUT2D eigenvalue weighted by molar-refractivity contribution is 0.0691. The number of nitrogens with zero attached hydrogens (tertiary/aromatic N) is 2. The van der Waals surface area contributed by atoms with E-state index in [9.17, 15) is 18.0 Å². The molecule has 1 aliphatic heterocycles. The largest absolute Gasteiger partial charge is 0.354 e. The van der Waals surface area contributed by atoms with Crippen LogP contribution >= 0.6 is 0 Å². The summed E-state index contributed by atoms with van der Waals surface area (Å²) in [6, 6.07) is 7.04. The van der Waals surface area contributed by atoms with Gasteiger partial charge in [0.05, 0.1) is 4.90 Å². The summed E-state index contributed by atoms with van der Waals surface area (Å²) < 4.78 is 27.6. The Labute approximate surface area is 190 Å². The molecule has 174 valence electrons. The van der Waals surface area contributed by atoms with Crippen LogP contribution in [0.25, 0.3) is 0 Å². The smallest absolute Gasteiger partial charge is 0.270 e. The number of H-pyrrole nitrogens is 1. The van der Waals surface area contributed by atoms with E-state index in [1.807, 2.05) is 19.1 Å². The van der Waals surface area contributed by atoms with E-state index in [1.54, 1.807) is 24.0 Å². The Balaban J connectivity index is 1.74. The third kappa shape index (κ3) is 4.52. The fourth-order valence-electron chi connectivity index (χ4n) is 4.26. The van der Waals surface area contributed by atoms with Crippen LogP contribution < -0.4 is 0 Å². The second-order valence-electron chi connectivity index (χ2n) is 9.36. The van der Waals surface area contributed by atoms with Crippen molar-refractivity contribution >= 4 is 21.7 Å². The summed E-state index contributed by atoms with van der Waals surface area (Å²) in [5.74, 6) is -0.257. The van der Waals surface area contributed by atoms with Gasteiger partial charge in [0.25, 0.3) is 5.91 Å². The molecule has 2 aromatic rings. The minimum Gasteiger partial charge on any atom is -0.354 e. The highest BCUT2D eigenvalue weighted by atomic mass is 32.2. The lowest BCUT2D eigenvalue weighted by Crippen LogP contribution is -2.50. The van der Waals surface area contributed by atoms with E-state index < -0.39 is 10.0 Å². The second kappa shape index (κ2) is 8.83. The van der Waals surface area contributed by atoms with Crippen molar-refractivity contribution in [2.24, 2.45) is 0 Å². The zero-order valence-corrected chi connectivity index (χ0v) is 20.6. The second-order valence-corrected chi connectivity index (χ2v) is 11.3. The molecule has 1 aromatic heterocycles. The molecule has 0 aliphatic carbocycles. The van der Waals surface area contributed by atoms with Crippen LogP contribution in [0.2, 0.25) is 0 Å². The number of hydrogen-bond donors (Lipinski definition) is 1. The van der Waals surface area contributed by atoms with Gasteiger partial charge in [0.2, 0.25) is 10.0 Å². The van der Waals surface area contributed by atoms with Gasteiger partial charge >= 0.3 is 0 Å². The van der Waals surface area contributed by atoms with Gasteiger partial charge in [-0.3, -0.25) is 9.59 Å². The highest BCUT2D eigenvalue weighted by Gasteiger charge is 2.32. The van der Waals surface area contributed by atoms with Crippen molar-refractivity contribution in [2.45, 2.75) is 58.3 Å². The van der Waals surface area contributed by atoms with E-state index in [1.165, 1.54) is 11.2 Å². The molecule has 7 nitrogen and oxygen atoms in total. The molecule has 1 saturated heterocycles. The number of rotatable bonds is 5. The van der Waals surface area contributed by atoms with Crippen molar-refractivity contribution < 1.29 is 18.0 Å². The predicted octanol–water partition coefficient (Wildman–Crippen LogP) is 3.53. The van der Waals surface area contributed by atoms with Gasteiger partial charge in [-0.2, -0.15) is 4.31 Å². The number of Topliss-reactive ketones (excluding diaryl/α,β-unsaturated/α-hetero) is 1. The highest BCUT2D eigenvalue weighted by molar-refractivity contribution is 7.89. The first-order chi connectivity index (χ1) is 14.9. The summed E-state index contributed by atoms with van der Waals surface area (Å²) in [5.41, 5.74) is 3.46. The van der Waals surface area contributed by atoms with Gasteiger partial charge in [-0.05, 0) is 48.9 Å². The quantitative estimate of drug-likeness (QED) is 0.693. The van der Waals surface area contributed by atoms with Gasteiger partial charge in [-0.1, -0.05) is 39.8 Å². The maximum absolute atomic E-state index is 13.1. The maximum Gasteiger partial charge on any atom is 0.270 e. The molecular weight excluding hydrogens is 426 g/mol. The highest BCUT2D eigenvalue weighted by Crippen LogP contribution is 2.26. The standard InChI is InChI=1S/C24H33N3O4S/c1-7-20-21(17(3)28)16(2)25-22(20)23(29)26-12-14-27(15-13-26)32(30,31)19-10-8-18(9-11-19)24(4,5)6/h8-11,25H,7,12-15H2,1-6H3. The first kappa shape index (κ1) is 24.2. The summed E-state index contributed by atoms with van der Waals surface area (Å²) >= 11 is 0. The molecule has 8 heteroatoms. The van der Waals surface area contributed by atoms with Crippen LogP contribution in [0.3, 0.4) is 0 Å². The van der Waals surface area contributed by atoms with E-state index in [0.717, 1.165) is 11.1 Å². The molecule has 32 heavy (non-hydrogen) atoms. The Morgan fingerprint density at radius 1 is 1.03 bits per heavy atom. The molecule has 1 N–H and O–H groups in total. The van der Waals surface area contributed by atoms with Gasteiger partial charge in [-0.15, -0.1) is 0 Å². The summed E-state index contributed by atoms with van der Waals surface area (Å²) in [4.78, 5) is 30.2. The molecular formula is C24H33N3O4S. The SMILES string of the molecule is CCc1c(C(=O)N2CCN(S(=O)(=O)c3ccc(C(C)(C)C)cc3)CC2)[nH]c(C)c1C(C)=O. The lowest BCUT2D eigenvalue weighted by atomic mass is 9.87. The minimum absolute atomic E-state index is 0.0515. The molecule has 1 aliphatic rings. The number of amides is 1. The number of aromatic amines is 1.